The molecule has 1 aromatic carbocycles. The Labute approximate surface area is 212 Å². The third-order valence-corrected chi connectivity index (χ3v) is 7.48. The van der Waals surface area contributed by atoms with Gasteiger partial charge in [0.2, 0.25) is 11.9 Å². The number of nitrogens with zero attached hydrogens (tertiary/aromatic N) is 8. The summed E-state index contributed by atoms with van der Waals surface area (Å²) in [5, 5.41) is 4.53. The number of benzene rings is 1. The molecule has 37 heavy (non-hydrogen) atoms. The highest BCUT2D eigenvalue weighted by Gasteiger charge is 2.32. The van der Waals surface area contributed by atoms with Gasteiger partial charge in [0.1, 0.15) is 28.9 Å². The molecule has 0 bridgehead atoms. The number of rotatable bonds is 5. The lowest BCUT2D eigenvalue weighted by Crippen LogP contribution is -2.43. The maximum Gasteiger partial charge on any atom is 0.228 e. The minimum absolute atomic E-state index is 0.0753. The van der Waals surface area contributed by atoms with E-state index in [-0.39, 0.29) is 17.8 Å². The Hall–Kier alpha value is -3.60. The molecule has 0 radical (unpaired) electrons. The number of ether oxygens (including phenoxy) is 1. The van der Waals surface area contributed by atoms with Crippen LogP contribution in [0.5, 0.6) is 0 Å². The molecule has 11 heteroatoms. The molecule has 5 heterocycles. The van der Waals surface area contributed by atoms with Crippen molar-refractivity contribution in [3.8, 4) is 11.3 Å². The average Bonchev–Trinajstić information content (AvgIpc) is 3.48. The Morgan fingerprint density at radius 2 is 1.86 bits per heavy atom. The van der Waals surface area contributed by atoms with Gasteiger partial charge in [0.25, 0.3) is 0 Å². The molecule has 0 unspecified atom stereocenters. The molecule has 0 spiro atoms. The van der Waals surface area contributed by atoms with Crippen molar-refractivity contribution in [2.75, 3.05) is 36.0 Å². The van der Waals surface area contributed by atoms with Crippen molar-refractivity contribution in [3.05, 3.63) is 47.8 Å². The van der Waals surface area contributed by atoms with E-state index in [0.717, 1.165) is 49.9 Å². The molecule has 2 atom stereocenters. The first-order valence-electron chi connectivity index (χ1n) is 12.8. The van der Waals surface area contributed by atoms with E-state index in [1.807, 2.05) is 29.4 Å². The van der Waals surface area contributed by atoms with E-state index in [0.29, 0.717) is 41.9 Å². The van der Waals surface area contributed by atoms with Crippen LogP contribution in [0.3, 0.4) is 0 Å². The summed E-state index contributed by atoms with van der Waals surface area (Å²) in [6, 6.07) is 4.07. The zero-order chi connectivity index (χ0) is 25.3. The minimum Gasteiger partial charge on any atom is -0.367 e. The fourth-order valence-corrected chi connectivity index (χ4v) is 5.25. The molecule has 0 N–H and O–H groups in total. The molecule has 2 aliphatic heterocycles. The first-order valence-corrected chi connectivity index (χ1v) is 12.8. The number of anilines is 2. The van der Waals surface area contributed by atoms with Gasteiger partial charge in [-0.15, -0.1) is 0 Å². The van der Waals surface area contributed by atoms with Gasteiger partial charge < -0.3 is 19.1 Å². The number of imidazole rings is 1. The van der Waals surface area contributed by atoms with Crippen LogP contribution >= 0.6 is 0 Å². The van der Waals surface area contributed by atoms with Crippen molar-refractivity contribution in [2.24, 2.45) is 7.05 Å². The maximum atomic E-state index is 15.0. The Morgan fingerprint density at radius 3 is 2.59 bits per heavy atom. The van der Waals surface area contributed by atoms with Crippen molar-refractivity contribution in [1.82, 2.24) is 29.3 Å². The van der Waals surface area contributed by atoms with Gasteiger partial charge in [-0.2, -0.15) is 15.1 Å². The monoisotopic (exact) mass is 506 g/mol. The Bertz CT molecular complexity index is 1490. The first kappa shape index (κ1) is 22.6. The van der Waals surface area contributed by atoms with Crippen molar-refractivity contribution >= 4 is 23.1 Å². The predicted molar refractivity (Wildman–Crippen MR) is 134 cm³/mol. The van der Waals surface area contributed by atoms with Crippen molar-refractivity contribution in [2.45, 2.75) is 44.4 Å². The lowest BCUT2D eigenvalue weighted by Gasteiger charge is -2.36. The summed E-state index contributed by atoms with van der Waals surface area (Å²) in [6.07, 6.45) is 7.10. The number of halogens is 2. The third kappa shape index (κ3) is 3.92. The first-order chi connectivity index (χ1) is 17.9. The third-order valence-electron chi connectivity index (χ3n) is 7.48. The molecule has 2 saturated heterocycles. The minimum atomic E-state index is -0.668. The van der Waals surface area contributed by atoms with Gasteiger partial charge in [-0.05, 0) is 38.3 Å². The maximum absolute atomic E-state index is 15.0. The van der Waals surface area contributed by atoms with E-state index in [1.54, 1.807) is 0 Å². The number of aryl methyl sites for hydroxylation is 1. The molecule has 3 aromatic heterocycles. The molecule has 3 fully saturated rings. The Kier molecular flexibility index (Phi) is 5.17. The summed E-state index contributed by atoms with van der Waals surface area (Å²) >= 11 is 0. The second-order valence-electron chi connectivity index (χ2n) is 10.3. The standard InChI is InChI=1S/C26H28F2N8O/c1-15-12-35(14-21(37-15)16-11-29-36(13-16)18-5-6-18)25-30-22(19-7-4-17(27)10-20(19)28)23-24(31-25)32-26(33(23)2)34-8-3-9-34/h4,7,10-11,13,15,18,21H,3,5-6,8-9,12,14H2,1-2H3/t15-,21-/m1/s1. The smallest absolute Gasteiger partial charge is 0.228 e. The zero-order valence-corrected chi connectivity index (χ0v) is 20.8. The van der Waals surface area contributed by atoms with E-state index in [1.165, 1.54) is 12.1 Å². The molecule has 192 valence electrons. The second-order valence-corrected chi connectivity index (χ2v) is 10.3. The van der Waals surface area contributed by atoms with Gasteiger partial charge in [0.15, 0.2) is 5.65 Å². The molecule has 9 nitrogen and oxygen atoms in total. The van der Waals surface area contributed by atoms with Gasteiger partial charge in [-0.1, -0.05) is 0 Å². The molecular formula is C26H28F2N8O. The normalized spacial score (nSPS) is 22.1. The predicted octanol–water partition coefficient (Wildman–Crippen LogP) is 4.02. The summed E-state index contributed by atoms with van der Waals surface area (Å²) < 4.78 is 39.0. The summed E-state index contributed by atoms with van der Waals surface area (Å²) in [7, 11) is 1.89. The molecule has 7 rings (SSSR count). The SMILES string of the molecule is C[C@@H]1CN(c2nc(-c3ccc(F)cc3F)c3c(n2)nc(N2CCC2)n3C)C[C@H](c2cnn(C3CC3)c2)O1. The highest BCUT2D eigenvalue weighted by atomic mass is 19.1. The molecule has 4 aromatic rings. The van der Waals surface area contributed by atoms with Gasteiger partial charge >= 0.3 is 0 Å². The fraction of sp³-hybridized carbons (Fsp3) is 0.462. The number of fused-ring (bicyclic) bond motifs is 1. The molecule has 0 amide bonds. The van der Waals surface area contributed by atoms with E-state index < -0.39 is 11.6 Å². The fourth-order valence-electron chi connectivity index (χ4n) is 5.25. The van der Waals surface area contributed by atoms with Crippen LogP contribution in [0.4, 0.5) is 20.7 Å². The van der Waals surface area contributed by atoms with Crippen LogP contribution in [0.25, 0.3) is 22.4 Å². The number of morpholine rings is 1. The van der Waals surface area contributed by atoms with E-state index in [4.69, 9.17) is 19.7 Å². The van der Waals surface area contributed by atoms with Crippen molar-refractivity contribution < 1.29 is 13.5 Å². The zero-order valence-electron chi connectivity index (χ0n) is 20.8. The summed E-state index contributed by atoms with van der Waals surface area (Å²) in [4.78, 5) is 18.8. The van der Waals surface area contributed by atoms with E-state index >= 15 is 4.39 Å². The number of hydrogen-bond donors (Lipinski definition) is 0. The van der Waals surface area contributed by atoms with Crippen molar-refractivity contribution in [3.63, 3.8) is 0 Å². The highest BCUT2D eigenvalue weighted by molar-refractivity contribution is 5.90. The average molecular weight is 507 g/mol. The van der Waals surface area contributed by atoms with Gasteiger partial charge in [-0.3, -0.25) is 4.68 Å². The van der Waals surface area contributed by atoms with E-state index in [9.17, 15) is 4.39 Å². The summed E-state index contributed by atoms with van der Waals surface area (Å²) in [6.45, 7) is 4.95. The van der Waals surface area contributed by atoms with Crippen LogP contribution in [0.2, 0.25) is 0 Å². The van der Waals surface area contributed by atoms with Crippen LogP contribution in [0.15, 0.2) is 30.6 Å². The van der Waals surface area contributed by atoms with Gasteiger partial charge in [-0.25, -0.2) is 13.8 Å². The summed E-state index contributed by atoms with van der Waals surface area (Å²) in [5.74, 6) is -0.0700. The topological polar surface area (TPSA) is 77.1 Å². The lowest BCUT2D eigenvalue weighted by atomic mass is 10.1. The van der Waals surface area contributed by atoms with Crippen LogP contribution in [-0.4, -0.2) is 61.6 Å². The number of hydrogen-bond acceptors (Lipinski definition) is 7. The highest BCUT2D eigenvalue weighted by Crippen LogP contribution is 2.37. The van der Waals surface area contributed by atoms with Crippen LogP contribution in [0, 0.1) is 11.6 Å². The van der Waals surface area contributed by atoms with Crippen LogP contribution in [-0.2, 0) is 11.8 Å². The molecule has 1 saturated carbocycles. The lowest BCUT2D eigenvalue weighted by molar-refractivity contribution is -0.0178. The van der Waals surface area contributed by atoms with Crippen molar-refractivity contribution in [1.29, 1.82) is 0 Å². The quantitative estimate of drug-likeness (QED) is 0.405. The molecule has 3 aliphatic rings. The molecule has 1 aliphatic carbocycles. The second kappa shape index (κ2) is 8.47. The number of aromatic nitrogens is 6. The van der Waals surface area contributed by atoms with Crippen LogP contribution < -0.4 is 9.80 Å². The van der Waals surface area contributed by atoms with Gasteiger partial charge in [0.05, 0.1) is 24.9 Å². The van der Waals surface area contributed by atoms with E-state index in [2.05, 4.69) is 21.1 Å². The Balaban J connectivity index is 1.32. The Morgan fingerprint density at radius 1 is 1.03 bits per heavy atom. The largest absolute Gasteiger partial charge is 0.367 e. The van der Waals surface area contributed by atoms with Gasteiger partial charge in [0, 0.05) is 50.1 Å². The van der Waals surface area contributed by atoms with Crippen LogP contribution in [0.1, 0.15) is 43.9 Å². The molecular weight excluding hydrogens is 478 g/mol. The summed E-state index contributed by atoms with van der Waals surface area (Å²) in [5.41, 5.74) is 2.76.